The van der Waals surface area contributed by atoms with Gasteiger partial charge < -0.3 is 9.47 Å². The summed E-state index contributed by atoms with van der Waals surface area (Å²) in [4.78, 5) is 0.110. The molecule has 0 saturated heterocycles. The molecule has 0 radical (unpaired) electrons. The third kappa shape index (κ3) is 2.91. The van der Waals surface area contributed by atoms with Gasteiger partial charge in [0.2, 0.25) is 6.79 Å². The Kier molecular flexibility index (Phi) is 3.61. The van der Waals surface area contributed by atoms with Gasteiger partial charge in [-0.15, -0.1) is 0 Å². The lowest BCUT2D eigenvalue weighted by molar-refractivity contribution is 0.174. The second-order valence-electron chi connectivity index (χ2n) is 5.56. The highest BCUT2D eigenvalue weighted by molar-refractivity contribution is 7.92. The fourth-order valence-corrected chi connectivity index (χ4v) is 3.88. The van der Waals surface area contributed by atoms with Gasteiger partial charge >= 0.3 is 0 Å². The maximum absolute atomic E-state index is 12.9. The maximum atomic E-state index is 12.9. The highest BCUT2D eigenvalue weighted by Crippen LogP contribution is 2.35. The summed E-state index contributed by atoms with van der Waals surface area (Å²) in [5, 5.41) is 4.30. The fraction of sp³-hybridized carbons (Fsp3) is 0.118. The Hall–Kier alpha value is -3.00. The maximum Gasteiger partial charge on any atom is 0.265 e. The van der Waals surface area contributed by atoms with Gasteiger partial charge in [-0.2, -0.15) is 5.10 Å². The molecule has 0 saturated carbocycles. The predicted octanol–water partition coefficient (Wildman–Crippen LogP) is 2.62. The van der Waals surface area contributed by atoms with Crippen LogP contribution < -0.4 is 14.2 Å². The highest BCUT2D eigenvalue weighted by atomic mass is 32.2. The van der Waals surface area contributed by atoms with Gasteiger partial charge in [-0.05, 0) is 12.1 Å². The number of aryl methyl sites for hydroxylation is 1. The molecule has 8 heteroatoms. The van der Waals surface area contributed by atoms with E-state index in [1.807, 2.05) is 30.3 Å². The lowest BCUT2D eigenvalue weighted by atomic mass is 10.2. The first-order valence-electron chi connectivity index (χ1n) is 7.54. The number of hydrogen-bond acceptors (Lipinski definition) is 5. The molecule has 0 amide bonds. The fourth-order valence-electron chi connectivity index (χ4n) is 2.63. The molecule has 1 N–H and O–H groups in total. The van der Waals surface area contributed by atoms with Crippen LogP contribution >= 0.6 is 0 Å². The van der Waals surface area contributed by atoms with Gasteiger partial charge in [0.15, 0.2) is 11.5 Å². The second-order valence-corrected chi connectivity index (χ2v) is 7.21. The number of rotatable bonds is 4. The Morgan fingerprint density at radius 3 is 2.64 bits per heavy atom. The molecule has 0 atom stereocenters. The number of aromatic nitrogens is 2. The minimum Gasteiger partial charge on any atom is -0.454 e. The number of anilines is 1. The molecule has 3 aromatic rings. The van der Waals surface area contributed by atoms with Crippen LogP contribution in [0.2, 0.25) is 0 Å². The average Bonchev–Trinajstić information content (AvgIpc) is 3.21. The van der Waals surface area contributed by atoms with E-state index in [0.29, 0.717) is 22.9 Å². The molecule has 128 valence electrons. The summed E-state index contributed by atoms with van der Waals surface area (Å²) in [6.07, 6.45) is 1.48. The van der Waals surface area contributed by atoms with Gasteiger partial charge in [-0.3, -0.25) is 9.40 Å². The molecule has 0 spiro atoms. The van der Waals surface area contributed by atoms with E-state index >= 15 is 0 Å². The van der Waals surface area contributed by atoms with Gasteiger partial charge in [0.1, 0.15) is 10.6 Å². The summed E-state index contributed by atoms with van der Waals surface area (Å²) in [6, 6.07) is 14.1. The molecular formula is C17H15N3O4S. The zero-order valence-corrected chi connectivity index (χ0v) is 14.2. The summed E-state index contributed by atoms with van der Waals surface area (Å²) < 4.78 is 40.3. The molecule has 7 nitrogen and oxygen atoms in total. The van der Waals surface area contributed by atoms with Crippen molar-refractivity contribution >= 4 is 15.7 Å². The van der Waals surface area contributed by atoms with Crippen molar-refractivity contribution < 1.29 is 17.9 Å². The summed E-state index contributed by atoms with van der Waals surface area (Å²) in [5.74, 6) is 1.10. The topological polar surface area (TPSA) is 82.5 Å². The molecule has 4 rings (SSSR count). The van der Waals surface area contributed by atoms with Crippen molar-refractivity contribution in [1.82, 2.24) is 9.78 Å². The Morgan fingerprint density at radius 2 is 1.84 bits per heavy atom. The minimum atomic E-state index is -3.82. The van der Waals surface area contributed by atoms with Crippen molar-refractivity contribution in [3.63, 3.8) is 0 Å². The quantitative estimate of drug-likeness (QED) is 0.776. The number of nitrogens with zero attached hydrogens (tertiary/aromatic N) is 2. The van der Waals surface area contributed by atoms with Crippen molar-refractivity contribution in [3.8, 4) is 22.8 Å². The number of ether oxygens (including phenoxy) is 2. The van der Waals surface area contributed by atoms with E-state index in [-0.39, 0.29) is 11.7 Å². The average molecular weight is 357 g/mol. The van der Waals surface area contributed by atoms with Crippen LogP contribution in [0, 0.1) is 0 Å². The first kappa shape index (κ1) is 15.5. The van der Waals surface area contributed by atoms with Crippen LogP contribution in [0.1, 0.15) is 0 Å². The highest BCUT2D eigenvalue weighted by Gasteiger charge is 2.24. The molecule has 0 fully saturated rings. The summed E-state index contributed by atoms with van der Waals surface area (Å²) >= 11 is 0. The number of fused-ring (bicyclic) bond motifs is 1. The molecule has 0 bridgehead atoms. The van der Waals surface area contributed by atoms with E-state index in [9.17, 15) is 8.42 Å². The second kappa shape index (κ2) is 5.82. The third-order valence-corrected chi connectivity index (χ3v) is 5.14. The van der Waals surface area contributed by atoms with Gasteiger partial charge in [0, 0.05) is 24.9 Å². The van der Waals surface area contributed by atoms with E-state index < -0.39 is 10.0 Å². The van der Waals surface area contributed by atoms with E-state index in [0.717, 1.165) is 5.56 Å². The smallest absolute Gasteiger partial charge is 0.265 e. The van der Waals surface area contributed by atoms with Crippen molar-refractivity contribution in [3.05, 3.63) is 54.7 Å². The van der Waals surface area contributed by atoms with E-state index in [1.54, 1.807) is 25.2 Å². The Morgan fingerprint density at radius 1 is 1.08 bits per heavy atom. The largest absolute Gasteiger partial charge is 0.454 e. The van der Waals surface area contributed by atoms with Crippen LogP contribution in [-0.4, -0.2) is 25.0 Å². The molecule has 0 aliphatic carbocycles. The number of sulfonamides is 1. The first-order chi connectivity index (χ1) is 12.0. The molecule has 1 aromatic heterocycles. The van der Waals surface area contributed by atoms with Crippen LogP contribution in [0.5, 0.6) is 11.5 Å². The molecule has 0 unspecified atom stereocenters. The summed E-state index contributed by atoms with van der Waals surface area (Å²) in [7, 11) is -2.13. The van der Waals surface area contributed by atoms with Crippen molar-refractivity contribution in [2.75, 3.05) is 11.5 Å². The first-order valence-corrected chi connectivity index (χ1v) is 9.03. The van der Waals surface area contributed by atoms with Crippen molar-refractivity contribution in [2.45, 2.75) is 4.90 Å². The Balaban J connectivity index is 1.72. The minimum absolute atomic E-state index is 0.110. The number of benzene rings is 2. The lowest BCUT2D eigenvalue weighted by Crippen LogP contribution is -2.13. The normalized spacial score (nSPS) is 13.0. The van der Waals surface area contributed by atoms with Crippen molar-refractivity contribution in [2.24, 2.45) is 7.05 Å². The Labute approximate surface area is 144 Å². The van der Waals surface area contributed by atoms with Crippen LogP contribution in [-0.2, 0) is 17.1 Å². The monoisotopic (exact) mass is 357 g/mol. The summed E-state index contributed by atoms with van der Waals surface area (Å²) in [6.45, 7) is 0.131. The van der Waals surface area contributed by atoms with Crippen LogP contribution in [0.15, 0.2) is 59.6 Å². The number of hydrogen-bond donors (Lipinski definition) is 1. The van der Waals surface area contributed by atoms with Gasteiger partial charge in [-0.25, -0.2) is 8.42 Å². The zero-order valence-electron chi connectivity index (χ0n) is 13.3. The van der Waals surface area contributed by atoms with Crippen LogP contribution in [0.3, 0.4) is 0 Å². The zero-order chi connectivity index (χ0) is 17.4. The van der Waals surface area contributed by atoms with E-state index in [2.05, 4.69) is 9.82 Å². The summed E-state index contributed by atoms with van der Waals surface area (Å²) in [5.41, 5.74) is 1.53. The Bertz CT molecular complexity index is 1030. The van der Waals surface area contributed by atoms with E-state index in [4.69, 9.17) is 9.47 Å². The van der Waals surface area contributed by atoms with E-state index in [1.165, 1.54) is 10.9 Å². The SMILES string of the molecule is Cn1cc(S(=O)(=O)Nc2ccc3c(c2)OCO3)c(-c2ccccc2)n1. The standard InChI is InChI=1S/C17H15N3O4S/c1-20-10-16(17(18-20)12-5-3-2-4-6-12)25(21,22)19-13-7-8-14-15(9-13)24-11-23-14/h2-10,19H,11H2,1H3. The van der Waals surface area contributed by atoms with Gasteiger partial charge in [0.25, 0.3) is 10.0 Å². The predicted molar refractivity (Wildman–Crippen MR) is 92.0 cm³/mol. The molecule has 2 heterocycles. The lowest BCUT2D eigenvalue weighted by Gasteiger charge is -2.09. The van der Waals surface area contributed by atoms with Crippen LogP contribution in [0.25, 0.3) is 11.3 Å². The third-order valence-electron chi connectivity index (χ3n) is 3.76. The van der Waals surface area contributed by atoms with Crippen molar-refractivity contribution in [1.29, 1.82) is 0 Å². The van der Waals surface area contributed by atoms with Gasteiger partial charge in [0.05, 0.1) is 5.69 Å². The molecule has 1 aliphatic rings. The van der Waals surface area contributed by atoms with Crippen LogP contribution in [0.4, 0.5) is 5.69 Å². The molecule has 2 aromatic carbocycles. The molecular weight excluding hydrogens is 342 g/mol. The molecule has 1 aliphatic heterocycles. The van der Waals surface area contributed by atoms with Gasteiger partial charge in [-0.1, -0.05) is 30.3 Å². The number of nitrogens with one attached hydrogen (secondary N) is 1. The molecule has 25 heavy (non-hydrogen) atoms.